The van der Waals surface area contributed by atoms with Crippen molar-refractivity contribution >= 4 is 11.8 Å². The zero-order valence-electron chi connectivity index (χ0n) is 12.4. The molecule has 0 radical (unpaired) electrons. The molecule has 21 heavy (non-hydrogen) atoms. The zero-order valence-corrected chi connectivity index (χ0v) is 12.4. The first-order valence-electron chi connectivity index (χ1n) is 7.26. The van der Waals surface area contributed by atoms with E-state index in [0.717, 1.165) is 6.42 Å². The molecule has 1 aromatic heterocycles. The molecule has 0 fully saturated rings. The molecule has 4 nitrogen and oxygen atoms in total. The second-order valence-electron chi connectivity index (χ2n) is 4.95. The molecule has 1 aromatic carbocycles. The van der Waals surface area contributed by atoms with Gasteiger partial charge in [-0.25, -0.2) is 9.37 Å². The van der Waals surface area contributed by atoms with E-state index in [9.17, 15) is 4.39 Å². The smallest absolute Gasteiger partial charge is 0.224 e. The van der Waals surface area contributed by atoms with Gasteiger partial charge in [-0.15, -0.1) is 0 Å². The normalized spacial score (nSPS) is 12.0. The van der Waals surface area contributed by atoms with E-state index in [4.69, 9.17) is 0 Å². The molecular weight excluding hydrogens is 267 g/mol. The van der Waals surface area contributed by atoms with Gasteiger partial charge in [0.15, 0.2) is 11.6 Å². The molecule has 112 valence electrons. The molecule has 2 aromatic rings. The highest BCUT2D eigenvalue weighted by molar-refractivity contribution is 5.41. The molecule has 0 aliphatic rings. The minimum absolute atomic E-state index is 0.251. The molecule has 0 aliphatic carbocycles. The Bertz CT molecular complexity index is 559. The van der Waals surface area contributed by atoms with Crippen LogP contribution in [0.4, 0.5) is 16.2 Å². The van der Waals surface area contributed by atoms with Crippen molar-refractivity contribution in [3.8, 4) is 0 Å². The van der Waals surface area contributed by atoms with Gasteiger partial charge < -0.3 is 10.6 Å². The van der Waals surface area contributed by atoms with Gasteiger partial charge in [0.25, 0.3) is 0 Å². The third-order valence-electron chi connectivity index (χ3n) is 3.32. The molecule has 1 unspecified atom stereocenters. The van der Waals surface area contributed by atoms with E-state index in [1.807, 2.05) is 25.1 Å². The predicted octanol–water partition coefficient (Wildman–Crippen LogP) is 3.65. The number of rotatable bonds is 7. The molecular formula is C16H21FN4. The number of hydrogen-bond acceptors (Lipinski definition) is 4. The van der Waals surface area contributed by atoms with Gasteiger partial charge in [0.2, 0.25) is 5.95 Å². The third kappa shape index (κ3) is 4.41. The standard InChI is InChI=1S/C16H21FN4/c1-3-18-16-20-11-14(17)15(21-16)19-10-9-12(2)13-7-5-4-6-8-13/h4-8,11-12H,3,9-10H2,1-2H3,(H2,18,19,20,21). The van der Waals surface area contributed by atoms with Gasteiger partial charge in [-0.05, 0) is 24.8 Å². The molecule has 5 heteroatoms. The number of aromatic nitrogens is 2. The number of halogens is 1. The van der Waals surface area contributed by atoms with Crippen molar-refractivity contribution in [1.29, 1.82) is 0 Å². The van der Waals surface area contributed by atoms with Crippen LogP contribution in [0.25, 0.3) is 0 Å². The average molecular weight is 288 g/mol. The van der Waals surface area contributed by atoms with Crippen molar-refractivity contribution in [2.24, 2.45) is 0 Å². The van der Waals surface area contributed by atoms with Gasteiger partial charge in [-0.1, -0.05) is 37.3 Å². The van der Waals surface area contributed by atoms with Crippen molar-refractivity contribution < 1.29 is 4.39 Å². The van der Waals surface area contributed by atoms with Crippen LogP contribution in [0.15, 0.2) is 36.5 Å². The summed E-state index contributed by atoms with van der Waals surface area (Å²) in [6.07, 6.45) is 2.10. The van der Waals surface area contributed by atoms with Crippen LogP contribution in [-0.2, 0) is 0 Å². The van der Waals surface area contributed by atoms with Gasteiger partial charge in [-0.2, -0.15) is 4.98 Å². The Morgan fingerprint density at radius 3 is 2.67 bits per heavy atom. The second kappa shape index (κ2) is 7.57. The number of nitrogens with zero attached hydrogens (tertiary/aromatic N) is 2. The fourth-order valence-corrected chi connectivity index (χ4v) is 2.09. The quantitative estimate of drug-likeness (QED) is 0.816. The Balaban J connectivity index is 1.89. The lowest BCUT2D eigenvalue weighted by molar-refractivity contribution is 0.614. The predicted molar refractivity (Wildman–Crippen MR) is 84.1 cm³/mol. The molecule has 0 spiro atoms. The number of anilines is 2. The Morgan fingerprint density at radius 2 is 1.95 bits per heavy atom. The monoisotopic (exact) mass is 288 g/mol. The van der Waals surface area contributed by atoms with E-state index < -0.39 is 5.82 Å². The highest BCUT2D eigenvalue weighted by Crippen LogP contribution is 2.19. The van der Waals surface area contributed by atoms with Crippen LogP contribution in [0.1, 0.15) is 31.7 Å². The first-order chi connectivity index (χ1) is 10.2. The van der Waals surface area contributed by atoms with E-state index in [2.05, 4.69) is 39.7 Å². The van der Waals surface area contributed by atoms with Crippen LogP contribution in [0.3, 0.4) is 0 Å². The highest BCUT2D eigenvalue weighted by atomic mass is 19.1. The van der Waals surface area contributed by atoms with E-state index in [1.165, 1.54) is 11.8 Å². The maximum atomic E-state index is 13.6. The molecule has 2 rings (SSSR count). The third-order valence-corrected chi connectivity index (χ3v) is 3.32. The van der Waals surface area contributed by atoms with Crippen molar-refractivity contribution in [2.75, 3.05) is 23.7 Å². The van der Waals surface area contributed by atoms with E-state index in [-0.39, 0.29) is 5.82 Å². The van der Waals surface area contributed by atoms with Gasteiger partial charge >= 0.3 is 0 Å². The first kappa shape index (κ1) is 15.2. The van der Waals surface area contributed by atoms with Crippen LogP contribution in [0.2, 0.25) is 0 Å². The SMILES string of the molecule is CCNc1ncc(F)c(NCCC(C)c2ccccc2)n1. The number of benzene rings is 1. The molecule has 0 aliphatic heterocycles. The summed E-state index contributed by atoms with van der Waals surface area (Å²) < 4.78 is 13.6. The van der Waals surface area contributed by atoms with Crippen molar-refractivity contribution in [2.45, 2.75) is 26.2 Å². The van der Waals surface area contributed by atoms with Crippen molar-refractivity contribution in [1.82, 2.24) is 9.97 Å². The molecule has 0 saturated carbocycles. The Hall–Kier alpha value is -2.17. The summed E-state index contributed by atoms with van der Waals surface area (Å²) in [4.78, 5) is 8.01. The Labute approximate surface area is 124 Å². The molecule has 2 N–H and O–H groups in total. The average Bonchev–Trinajstić information content (AvgIpc) is 2.51. The van der Waals surface area contributed by atoms with Gasteiger partial charge in [0.05, 0.1) is 6.20 Å². The van der Waals surface area contributed by atoms with E-state index >= 15 is 0 Å². The summed E-state index contributed by atoms with van der Waals surface area (Å²) >= 11 is 0. The Kier molecular flexibility index (Phi) is 5.49. The van der Waals surface area contributed by atoms with Gasteiger partial charge in [0.1, 0.15) is 0 Å². The minimum atomic E-state index is -0.427. The maximum Gasteiger partial charge on any atom is 0.224 e. The van der Waals surface area contributed by atoms with Crippen molar-refractivity contribution in [3.05, 3.63) is 47.9 Å². The summed E-state index contributed by atoms with van der Waals surface area (Å²) in [5.74, 6) is 0.680. The van der Waals surface area contributed by atoms with Gasteiger partial charge in [-0.3, -0.25) is 0 Å². The minimum Gasteiger partial charge on any atom is -0.367 e. The van der Waals surface area contributed by atoms with E-state index in [1.54, 1.807) is 0 Å². The first-order valence-corrected chi connectivity index (χ1v) is 7.26. The van der Waals surface area contributed by atoms with E-state index in [0.29, 0.717) is 25.0 Å². The maximum absolute atomic E-state index is 13.6. The fraction of sp³-hybridized carbons (Fsp3) is 0.375. The van der Waals surface area contributed by atoms with Crippen LogP contribution < -0.4 is 10.6 Å². The van der Waals surface area contributed by atoms with Crippen LogP contribution in [0, 0.1) is 5.82 Å². The lowest BCUT2D eigenvalue weighted by Crippen LogP contribution is -2.11. The molecule has 0 amide bonds. The molecule has 1 atom stereocenters. The largest absolute Gasteiger partial charge is 0.367 e. The summed E-state index contributed by atoms with van der Waals surface area (Å²) in [6, 6.07) is 10.3. The fourth-order valence-electron chi connectivity index (χ4n) is 2.09. The lowest BCUT2D eigenvalue weighted by Gasteiger charge is -2.13. The summed E-state index contributed by atoms with van der Waals surface area (Å²) in [5.41, 5.74) is 1.29. The number of nitrogens with one attached hydrogen (secondary N) is 2. The number of hydrogen-bond donors (Lipinski definition) is 2. The Morgan fingerprint density at radius 1 is 1.19 bits per heavy atom. The zero-order chi connectivity index (χ0) is 15.1. The summed E-state index contributed by atoms with van der Waals surface area (Å²) in [7, 11) is 0. The molecule has 0 bridgehead atoms. The summed E-state index contributed by atoms with van der Waals surface area (Å²) in [5, 5.41) is 6.02. The molecule has 0 saturated heterocycles. The van der Waals surface area contributed by atoms with Crippen molar-refractivity contribution in [3.63, 3.8) is 0 Å². The van der Waals surface area contributed by atoms with Gasteiger partial charge in [0, 0.05) is 13.1 Å². The van der Waals surface area contributed by atoms with Crippen LogP contribution in [-0.4, -0.2) is 23.1 Å². The highest BCUT2D eigenvalue weighted by Gasteiger charge is 2.08. The lowest BCUT2D eigenvalue weighted by atomic mass is 9.98. The summed E-state index contributed by atoms with van der Waals surface area (Å²) in [6.45, 7) is 5.48. The molecule has 1 heterocycles. The second-order valence-corrected chi connectivity index (χ2v) is 4.95. The topological polar surface area (TPSA) is 49.8 Å². The van der Waals surface area contributed by atoms with Crippen LogP contribution in [0.5, 0.6) is 0 Å². The van der Waals surface area contributed by atoms with Crippen LogP contribution >= 0.6 is 0 Å².